The zero-order valence-electron chi connectivity index (χ0n) is 24.2. The van der Waals surface area contributed by atoms with Crippen LogP contribution in [0.25, 0.3) is 49.4 Å². The summed E-state index contributed by atoms with van der Waals surface area (Å²) in [4.78, 5) is 4.94. The van der Waals surface area contributed by atoms with Crippen molar-refractivity contribution >= 4 is 61.4 Å². The maximum absolute atomic E-state index is 2.43. The van der Waals surface area contributed by atoms with Crippen LogP contribution >= 0.6 is 11.8 Å². The first-order valence-electron chi connectivity index (χ1n) is 15.0. The predicted octanol–water partition coefficient (Wildman–Crippen LogP) is 11.8. The van der Waals surface area contributed by atoms with Crippen LogP contribution in [-0.2, 0) is 0 Å². The van der Waals surface area contributed by atoms with Crippen molar-refractivity contribution in [2.45, 2.75) is 16.7 Å². The first-order valence-corrected chi connectivity index (χ1v) is 15.8. The molecule has 0 atom stereocenters. The fraction of sp³-hybridized carbons (Fsp3) is 0.0244. The van der Waals surface area contributed by atoms with Gasteiger partial charge in [-0.15, -0.1) is 0 Å². The molecule has 0 saturated carbocycles. The Bertz CT molecular complexity index is 2370. The summed E-state index contributed by atoms with van der Waals surface area (Å²) < 4.78 is 2.43. The average Bonchev–Trinajstić information content (AvgIpc) is 3.43. The smallest absolute Gasteiger partial charge is 0.0607 e. The van der Waals surface area contributed by atoms with E-state index < -0.39 is 0 Å². The number of aromatic nitrogens is 1. The molecule has 1 aliphatic rings. The molecule has 0 N–H and O–H groups in total. The Morgan fingerprint density at radius 3 is 2.14 bits per heavy atom. The SMILES string of the molecule is Cc1ccc(-n2c3cccc(-c4ccc5c(c4)N(c4ccccc4)c4ccccc4S5)c3c3c4ccccc4ccc32)cc1. The third kappa shape index (κ3) is 3.83. The van der Waals surface area contributed by atoms with Gasteiger partial charge in [0.1, 0.15) is 0 Å². The largest absolute Gasteiger partial charge is 0.309 e. The Hall–Kier alpha value is -5.25. The van der Waals surface area contributed by atoms with Crippen LogP contribution in [0, 0.1) is 6.92 Å². The molecule has 3 heteroatoms. The van der Waals surface area contributed by atoms with E-state index in [0.717, 1.165) is 0 Å². The minimum atomic E-state index is 1.17. The minimum Gasteiger partial charge on any atom is -0.309 e. The predicted molar refractivity (Wildman–Crippen MR) is 187 cm³/mol. The number of hydrogen-bond acceptors (Lipinski definition) is 2. The van der Waals surface area contributed by atoms with E-state index in [0.29, 0.717) is 0 Å². The third-order valence-corrected chi connectivity index (χ3v) is 9.96. The number of para-hydroxylation sites is 2. The summed E-state index contributed by atoms with van der Waals surface area (Å²) in [5.41, 5.74) is 10.9. The van der Waals surface area contributed by atoms with Crippen LogP contribution in [0.15, 0.2) is 161 Å². The molecule has 0 amide bonds. The van der Waals surface area contributed by atoms with Crippen molar-refractivity contribution in [3.63, 3.8) is 0 Å². The van der Waals surface area contributed by atoms with Gasteiger partial charge in [0.25, 0.3) is 0 Å². The van der Waals surface area contributed by atoms with Crippen LogP contribution in [0.1, 0.15) is 5.56 Å². The van der Waals surface area contributed by atoms with E-state index in [1.54, 1.807) is 0 Å². The number of benzene rings is 7. The monoisotopic (exact) mass is 580 g/mol. The molecule has 0 spiro atoms. The number of aryl methyl sites for hydroxylation is 1. The van der Waals surface area contributed by atoms with E-state index in [2.05, 4.69) is 168 Å². The zero-order chi connectivity index (χ0) is 29.2. The van der Waals surface area contributed by atoms with Crippen LogP contribution in [0.2, 0.25) is 0 Å². The van der Waals surface area contributed by atoms with Crippen LogP contribution in [0.4, 0.5) is 17.1 Å². The summed E-state index contributed by atoms with van der Waals surface area (Å²) in [5, 5.41) is 5.12. The molecule has 8 aromatic rings. The second-order valence-corrected chi connectivity index (χ2v) is 12.6. The molecule has 2 heterocycles. The molecule has 9 rings (SSSR count). The maximum atomic E-state index is 2.43. The van der Waals surface area contributed by atoms with Gasteiger partial charge in [-0.25, -0.2) is 0 Å². The van der Waals surface area contributed by atoms with Crippen LogP contribution in [0.5, 0.6) is 0 Å². The summed E-state index contributed by atoms with van der Waals surface area (Å²) in [6.07, 6.45) is 0. The average molecular weight is 581 g/mol. The highest BCUT2D eigenvalue weighted by molar-refractivity contribution is 7.99. The van der Waals surface area contributed by atoms with Gasteiger partial charge in [0.2, 0.25) is 0 Å². The molecule has 0 unspecified atom stereocenters. The van der Waals surface area contributed by atoms with Gasteiger partial charge >= 0.3 is 0 Å². The quantitative estimate of drug-likeness (QED) is 0.205. The lowest BCUT2D eigenvalue weighted by Crippen LogP contribution is -2.14. The Kier molecular flexibility index (Phi) is 5.69. The van der Waals surface area contributed by atoms with Crippen LogP contribution in [0.3, 0.4) is 0 Å². The van der Waals surface area contributed by atoms with Crippen molar-refractivity contribution in [3.8, 4) is 16.8 Å². The molecular formula is C41H28N2S. The fourth-order valence-corrected chi connectivity index (χ4v) is 7.86. The topological polar surface area (TPSA) is 8.17 Å². The summed E-state index contributed by atoms with van der Waals surface area (Å²) in [6.45, 7) is 2.15. The lowest BCUT2D eigenvalue weighted by Gasteiger charge is -2.33. The molecular weight excluding hydrogens is 553 g/mol. The molecule has 0 saturated heterocycles. The molecule has 1 aliphatic heterocycles. The fourth-order valence-electron chi connectivity index (χ4n) is 6.82. The first kappa shape index (κ1) is 25.3. The Morgan fingerprint density at radius 2 is 1.25 bits per heavy atom. The highest BCUT2D eigenvalue weighted by Gasteiger charge is 2.26. The van der Waals surface area contributed by atoms with Crippen molar-refractivity contribution in [1.29, 1.82) is 0 Å². The molecule has 0 aliphatic carbocycles. The van der Waals surface area contributed by atoms with E-state index in [1.807, 2.05) is 11.8 Å². The highest BCUT2D eigenvalue weighted by Crippen LogP contribution is 2.52. The zero-order valence-corrected chi connectivity index (χ0v) is 25.1. The molecule has 208 valence electrons. The maximum Gasteiger partial charge on any atom is 0.0607 e. The summed E-state index contributed by atoms with van der Waals surface area (Å²) in [7, 11) is 0. The first-order chi connectivity index (χ1) is 21.7. The van der Waals surface area contributed by atoms with Crippen molar-refractivity contribution in [2.75, 3.05) is 4.90 Å². The van der Waals surface area contributed by atoms with E-state index >= 15 is 0 Å². The van der Waals surface area contributed by atoms with Gasteiger partial charge in [0.05, 0.1) is 22.4 Å². The molecule has 44 heavy (non-hydrogen) atoms. The second-order valence-electron chi connectivity index (χ2n) is 11.5. The minimum absolute atomic E-state index is 1.17. The number of nitrogens with zero attached hydrogens (tertiary/aromatic N) is 2. The van der Waals surface area contributed by atoms with E-state index in [9.17, 15) is 0 Å². The highest BCUT2D eigenvalue weighted by atomic mass is 32.2. The molecule has 2 nitrogen and oxygen atoms in total. The van der Waals surface area contributed by atoms with E-state index in [1.165, 1.54) is 81.8 Å². The number of anilines is 3. The van der Waals surface area contributed by atoms with Crippen molar-refractivity contribution < 1.29 is 0 Å². The molecule has 0 fully saturated rings. The van der Waals surface area contributed by atoms with E-state index in [-0.39, 0.29) is 0 Å². The van der Waals surface area contributed by atoms with Crippen molar-refractivity contribution in [2.24, 2.45) is 0 Å². The lowest BCUT2D eigenvalue weighted by molar-refractivity contribution is 1.17. The Morgan fingerprint density at radius 1 is 0.500 bits per heavy atom. The lowest BCUT2D eigenvalue weighted by atomic mass is 9.96. The second kappa shape index (κ2) is 9.90. The molecule has 0 radical (unpaired) electrons. The van der Waals surface area contributed by atoms with E-state index in [4.69, 9.17) is 0 Å². The van der Waals surface area contributed by atoms with Gasteiger partial charge in [0, 0.05) is 31.9 Å². The van der Waals surface area contributed by atoms with Gasteiger partial charge in [-0.1, -0.05) is 108 Å². The standard InChI is InChI=1S/C41H28N2S/c1-27-18-22-31(23-19-27)43-35-16-9-14-33(41(35)40-32-13-6-5-10-28(32)20-24-36(40)43)29-21-25-39-37(26-29)42(30-11-3-2-4-12-30)34-15-7-8-17-38(34)44-39/h2-26H,1H3. The third-order valence-electron chi connectivity index (χ3n) is 8.82. The Labute approximate surface area is 260 Å². The van der Waals surface area contributed by atoms with Gasteiger partial charge in [0.15, 0.2) is 0 Å². The normalized spacial score (nSPS) is 12.5. The van der Waals surface area contributed by atoms with Gasteiger partial charge in [-0.3, -0.25) is 0 Å². The number of fused-ring (bicyclic) bond motifs is 7. The van der Waals surface area contributed by atoms with Gasteiger partial charge < -0.3 is 9.47 Å². The molecule has 0 bridgehead atoms. The summed E-state index contributed by atoms with van der Waals surface area (Å²) in [6, 6.07) is 55.4. The van der Waals surface area contributed by atoms with Crippen molar-refractivity contribution in [1.82, 2.24) is 4.57 Å². The summed E-state index contributed by atoms with van der Waals surface area (Å²) in [5.74, 6) is 0. The van der Waals surface area contributed by atoms with Crippen LogP contribution in [-0.4, -0.2) is 4.57 Å². The van der Waals surface area contributed by atoms with Crippen molar-refractivity contribution in [3.05, 3.63) is 157 Å². The number of hydrogen-bond donors (Lipinski definition) is 0. The summed E-state index contributed by atoms with van der Waals surface area (Å²) >= 11 is 1.85. The van der Waals surface area contributed by atoms with Crippen LogP contribution < -0.4 is 4.90 Å². The molecule has 1 aromatic heterocycles. The Balaban J connectivity index is 1.34. The van der Waals surface area contributed by atoms with Gasteiger partial charge in [-0.2, -0.15) is 0 Å². The number of rotatable bonds is 3. The van der Waals surface area contributed by atoms with Gasteiger partial charge in [-0.05, 0) is 89.5 Å². The molecule has 7 aromatic carbocycles.